The molecule has 1 aromatic carbocycles. The molecule has 0 aromatic heterocycles. The minimum atomic E-state index is -0.160. The summed E-state index contributed by atoms with van der Waals surface area (Å²) in [7, 11) is 0. The van der Waals surface area contributed by atoms with Gasteiger partial charge in [0.25, 0.3) is 0 Å². The summed E-state index contributed by atoms with van der Waals surface area (Å²) in [6, 6.07) is 7.25. The Labute approximate surface area is 94.6 Å². The van der Waals surface area contributed by atoms with Crippen molar-refractivity contribution in [2.24, 2.45) is 11.7 Å². The topological polar surface area (TPSA) is 35.2 Å². The van der Waals surface area contributed by atoms with Crippen LogP contribution < -0.4 is 5.73 Å². The predicted octanol–water partition coefficient (Wildman–Crippen LogP) is 1.83. The maximum Gasteiger partial charge on any atom is 0.123 e. The molecule has 0 unspecified atom stereocenters. The van der Waals surface area contributed by atoms with Crippen LogP contribution in [0.3, 0.4) is 0 Å². The Balaban J connectivity index is 1.90. The number of benzene rings is 1. The maximum absolute atomic E-state index is 13.3. The van der Waals surface area contributed by atoms with Gasteiger partial charge in [0.05, 0.1) is 13.2 Å². The van der Waals surface area contributed by atoms with Gasteiger partial charge in [-0.25, -0.2) is 4.39 Å². The maximum atomic E-state index is 13.3. The van der Waals surface area contributed by atoms with Gasteiger partial charge in [-0.2, -0.15) is 0 Å². The molecule has 3 heteroatoms. The van der Waals surface area contributed by atoms with E-state index in [1.807, 2.05) is 6.07 Å². The van der Waals surface area contributed by atoms with Crippen LogP contribution in [0.25, 0.3) is 0 Å². The average Bonchev–Trinajstić information content (AvgIpc) is 2.13. The lowest BCUT2D eigenvalue weighted by atomic mass is 9.59. The molecule has 0 radical (unpaired) electrons. The van der Waals surface area contributed by atoms with Crippen LogP contribution in [0.5, 0.6) is 0 Å². The Morgan fingerprint density at radius 1 is 1.31 bits per heavy atom. The van der Waals surface area contributed by atoms with Crippen molar-refractivity contribution in [3.8, 4) is 0 Å². The smallest absolute Gasteiger partial charge is 0.123 e. The van der Waals surface area contributed by atoms with Crippen LogP contribution in [0, 0.1) is 11.7 Å². The Hall–Kier alpha value is -0.930. The third-order valence-electron chi connectivity index (χ3n) is 4.07. The highest BCUT2D eigenvalue weighted by molar-refractivity contribution is 5.31. The molecule has 1 aromatic rings. The van der Waals surface area contributed by atoms with E-state index in [4.69, 9.17) is 10.5 Å². The molecule has 2 aliphatic rings. The van der Waals surface area contributed by atoms with E-state index < -0.39 is 0 Å². The van der Waals surface area contributed by atoms with E-state index >= 15 is 0 Å². The molecule has 1 saturated carbocycles. The Kier molecular flexibility index (Phi) is 2.26. The molecular formula is C13H16FNO. The molecule has 1 aliphatic heterocycles. The fourth-order valence-corrected chi connectivity index (χ4v) is 2.87. The highest BCUT2D eigenvalue weighted by Crippen LogP contribution is 2.48. The fraction of sp³-hybridized carbons (Fsp3) is 0.538. The summed E-state index contributed by atoms with van der Waals surface area (Å²) in [5, 5.41) is 0. The molecule has 0 bridgehead atoms. The van der Waals surface area contributed by atoms with Crippen molar-refractivity contribution in [1.29, 1.82) is 0 Å². The second kappa shape index (κ2) is 3.54. The number of halogens is 1. The van der Waals surface area contributed by atoms with Gasteiger partial charge in [0, 0.05) is 11.5 Å². The number of nitrogens with two attached hydrogens (primary N) is 1. The van der Waals surface area contributed by atoms with E-state index in [-0.39, 0.29) is 11.2 Å². The largest absolute Gasteiger partial charge is 0.379 e. The summed E-state index contributed by atoms with van der Waals surface area (Å²) in [6.45, 7) is 1.43. The normalized spacial score (nSPS) is 31.6. The lowest BCUT2D eigenvalue weighted by Crippen LogP contribution is -2.58. The van der Waals surface area contributed by atoms with Gasteiger partial charge in [-0.3, -0.25) is 0 Å². The highest BCUT2D eigenvalue weighted by Gasteiger charge is 2.51. The summed E-state index contributed by atoms with van der Waals surface area (Å²) in [5.74, 6) is 0.408. The summed E-state index contributed by atoms with van der Waals surface area (Å²) in [6.07, 6.45) is 2.08. The van der Waals surface area contributed by atoms with E-state index in [0.29, 0.717) is 25.2 Å². The van der Waals surface area contributed by atoms with Crippen LogP contribution in [0.1, 0.15) is 18.4 Å². The van der Waals surface area contributed by atoms with Crippen LogP contribution in [-0.4, -0.2) is 19.3 Å². The monoisotopic (exact) mass is 221 g/mol. The van der Waals surface area contributed by atoms with Crippen molar-refractivity contribution in [2.45, 2.75) is 24.3 Å². The summed E-state index contributed by atoms with van der Waals surface area (Å²) >= 11 is 0. The molecule has 0 amide bonds. The molecular weight excluding hydrogens is 205 g/mol. The number of rotatable bonds is 2. The quantitative estimate of drug-likeness (QED) is 0.827. The van der Waals surface area contributed by atoms with Crippen LogP contribution in [0.4, 0.5) is 4.39 Å². The third-order valence-corrected chi connectivity index (χ3v) is 4.07. The first-order valence-corrected chi connectivity index (χ1v) is 5.80. The van der Waals surface area contributed by atoms with Crippen molar-refractivity contribution in [3.05, 3.63) is 35.6 Å². The van der Waals surface area contributed by atoms with Gasteiger partial charge in [-0.1, -0.05) is 12.1 Å². The molecule has 2 fully saturated rings. The van der Waals surface area contributed by atoms with E-state index in [2.05, 4.69) is 0 Å². The standard InChI is InChI=1S/C13H16FNO/c14-11-3-1-2-9(4-11)13(7-16-8-13)10-5-12(15)6-10/h1-4,10,12H,5-8,15H2. The van der Waals surface area contributed by atoms with Gasteiger partial charge >= 0.3 is 0 Å². The third kappa shape index (κ3) is 1.39. The molecule has 2 nitrogen and oxygen atoms in total. The minimum Gasteiger partial charge on any atom is -0.379 e. The number of hydrogen-bond acceptors (Lipinski definition) is 2. The summed E-state index contributed by atoms with van der Waals surface area (Å²) < 4.78 is 18.6. The van der Waals surface area contributed by atoms with Crippen molar-refractivity contribution in [1.82, 2.24) is 0 Å². The van der Waals surface area contributed by atoms with E-state index in [1.54, 1.807) is 12.1 Å². The van der Waals surface area contributed by atoms with E-state index in [0.717, 1.165) is 18.4 Å². The van der Waals surface area contributed by atoms with Crippen molar-refractivity contribution >= 4 is 0 Å². The van der Waals surface area contributed by atoms with E-state index in [1.165, 1.54) is 6.07 Å². The fourth-order valence-electron chi connectivity index (χ4n) is 2.87. The first-order valence-electron chi connectivity index (χ1n) is 5.80. The molecule has 1 aliphatic carbocycles. The van der Waals surface area contributed by atoms with Gasteiger partial charge < -0.3 is 10.5 Å². The molecule has 1 heterocycles. The summed E-state index contributed by atoms with van der Waals surface area (Å²) in [5.41, 5.74) is 6.96. The average molecular weight is 221 g/mol. The van der Waals surface area contributed by atoms with Gasteiger partial charge in [0.2, 0.25) is 0 Å². The lowest BCUT2D eigenvalue weighted by molar-refractivity contribution is -0.111. The first-order chi connectivity index (χ1) is 7.71. The van der Waals surface area contributed by atoms with Gasteiger partial charge in [0.1, 0.15) is 5.82 Å². The van der Waals surface area contributed by atoms with Crippen LogP contribution >= 0.6 is 0 Å². The zero-order chi connectivity index (χ0) is 11.2. The molecule has 0 atom stereocenters. The Morgan fingerprint density at radius 3 is 2.56 bits per heavy atom. The van der Waals surface area contributed by atoms with Crippen LogP contribution in [0.15, 0.2) is 24.3 Å². The minimum absolute atomic E-state index is 0.0397. The summed E-state index contributed by atoms with van der Waals surface area (Å²) in [4.78, 5) is 0. The SMILES string of the molecule is NC1CC(C2(c3cccc(F)c3)COC2)C1. The Morgan fingerprint density at radius 2 is 2.06 bits per heavy atom. The number of hydrogen-bond donors (Lipinski definition) is 1. The zero-order valence-corrected chi connectivity index (χ0v) is 9.16. The highest BCUT2D eigenvalue weighted by atomic mass is 19.1. The molecule has 86 valence electrons. The molecule has 1 saturated heterocycles. The van der Waals surface area contributed by atoms with Gasteiger partial charge in [-0.05, 0) is 36.5 Å². The van der Waals surface area contributed by atoms with Gasteiger partial charge in [0.15, 0.2) is 0 Å². The zero-order valence-electron chi connectivity index (χ0n) is 9.16. The van der Waals surface area contributed by atoms with Crippen LogP contribution in [-0.2, 0) is 10.2 Å². The Bertz CT molecular complexity index is 397. The van der Waals surface area contributed by atoms with Crippen molar-refractivity contribution in [2.75, 3.05) is 13.2 Å². The first kappa shape index (κ1) is 10.2. The van der Waals surface area contributed by atoms with Gasteiger partial charge in [-0.15, -0.1) is 0 Å². The van der Waals surface area contributed by atoms with Crippen molar-refractivity contribution in [3.63, 3.8) is 0 Å². The second-order valence-electron chi connectivity index (χ2n) is 5.09. The number of ether oxygens (including phenoxy) is 1. The van der Waals surface area contributed by atoms with Crippen LogP contribution in [0.2, 0.25) is 0 Å². The predicted molar refractivity (Wildman–Crippen MR) is 59.6 cm³/mol. The lowest BCUT2D eigenvalue weighted by Gasteiger charge is -2.53. The molecule has 3 rings (SSSR count). The molecule has 2 N–H and O–H groups in total. The van der Waals surface area contributed by atoms with Crippen molar-refractivity contribution < 1.29 is 9.13 Å². The second-order valence-corrected chi connectivity index (χ2v) is 5.09. The molecule has 0 spiro atoms. The van der Waals surface area contributed by atoms with E-state index in [9.17, 15) is 4.39 Å². The molecule has 16 heavy (non-hydrogen) atoms.